The number of esters is 2. The zero-order valence-electron chi connectivity index (χ0n) is 8.91. The van der Waals surface area contributed by atoms with E-state index in [1.54, 1.807) is 0 Å². The number of rotatable bonds is 6. The number of nitrogens with two attached hydrogens (primary N) is 1. The summed E-state index contributed by atoms with van der Waals surface area (Å²) in [7, 11) is 0. The molecule has 82 valence electrons. The van der Waals surface area contributed by atoms with Gasteiger partial charge in [-0.2, -0.15) is 0 Å². The van der Waals surface area contributed by atoms with E-state index in [-0.39, 0.29) is 12.5 Å². The highest BCUT2D eigenvalue weighted by molar-refractivity contribution is 5.87. The van der Waals surface area contributed by atoms with E-state index in [9.17, 15) is 9.59 Å². The van der Waals surface area contributed by atoms with Gasteiger partial charge in [-0.3, -0.25) is 9.59 Å². The average Bonchev–Trinajstić information content (AvgIpc) is 2.17. The van der Waals surface area contributed by atoms with Gasteiger partial charge in [0.05, 0.1) is 12.5 Å². The van der Waals surface area contributed by atoms with Crippen molar-refractivity contribution in [2.24, 2.45) is 11.7 Å². The lowest BCUT2D eigenvalue weighted by Crippen LogP contribution is -2.25. The summed E-state index contributed by atoms with van der Waals surface area (Å²) in [5.41, 5.74) is 5.04. The molecule has 0 saturated carbocycles. The predicted octanol–water partition coefficient (Wildman–Crippen LogP) is 1.23. The van der Waals surface area contributed by atoms with Crippen LogP contribution in [-0.2, 0) is 14.3 Å². The van der Waals surface area contributed by atoms with E-state index in [4.69, 9.17) is 5.73 Å². The second kappa shape index (κ2) is 7.50. The smallest absolute Gasteiger partial charge is 0.327 e. The van der Waals surface area contributed by atoms with Crippen LogP contribution in [-0.4, -0.2) is 18.5 Å². The minimum Gasteiger partial charge on any atom is -0.392 e. The van der Waals surface area contributed by atoms with Gasteiger partial charge in [0.25, 0.3) is 0 Å². The minimum atomic E-state index is -0.646. The van der Waals surface area contributed by atoms with Crippen molar-refractivity contribution < 1.29 is 14.3 Å². The maximum absolute atomic E-state index is 11.4. The molecule has 0 aliphatic heterocycles. The van der Waals surface area contributed by atoms with Crippen LogP contribution in [0.3, 0.4) is 0 Å². The van der Waals surface area contributed by atoms with E-state index < -0.39 is 11.9 Å². The third-order valence-corrected chi connectivity index (χ3v) is 1.99. The van der Waals surface area contributed by atoms with E-state index >= 15 is 0 Å². The fraction of sp³-hybridized carbons (Fsp3) is 0.800. The molecule has 0 unspecified atom stereocenters. The zero-order valence-corrected chi connectivity index (χ0v) is 8.91. The van der Waals surface area contributed by atoms with Crippen LogP contribution in [0.25, 0.3) is 0 Å². The first-order valence-corrected chi connectivity index (χ1v) is 5.10. The molecule has 0 aromatic carbocycles. The Morgan fingerprint density at radius 2 is 1.71 bits per heavy atom. The van der Waals surface area contributed by atoms with Crippen LogP contribution in [0.15, 0.2) is 0 Å². The normalized spacial score (nSPS) is 10.3. The van der Waals surface area contributed by atoms with Crippen LogP contribution in [0, 0.1) is 5.92 Å². The molecule has 0 bridgehead atoms. The van der Waals surface area contributed by atoms with Crippen molar-refractivity contribution in [1.29, 1.82) is 0 Å². The van der Waals surface area contributed by atoms with Gasteiger partial charge in [0.2, 0.25) is 0 Å². The van der Waals surface area contributed by atoms with E-state index in [2.05, 4.69) is 4.74 Å². The molecule has 2 N–H and O–H groups in total. The second-order valence-corrected chi connectivity index (χ2v) is 3.27. The van der Waals surface area contributed by atoms with Gasteiger partial charge in [0.15, 0.2) is 0 Å². The Morgan fingerprint density at radius 1 is 1.21 bits per heavy atom. The summed E-state index contributed by atoms with van der Waals surface area (Å²) >= 11 is 0. The fourth-order valence-corrected chi connectivity index (χ4v) is 1.31. The third kappa shape index (κ3) is 4.97. The molecule has 0 aromatic heterocycles. The Morgan fingerprint density at radius 3 is 2.07 bits per heavy atom. The molecular weight excluding hydrogens is 182 g/mol. The molecule has 4 heteroatoms. The largest absolute Gasteiger partial charge is 0.392 e. The zero-order chi connectivity index (χ0) is 11.0. The van der Waals surface area contributed by atoms with Crippen LogP contribution in [0.5, 0.6) is 0 Å². The summed E-state index contributed by atoms with van der Waals surface area (Å²) < 4.78 is 4.56. The van der Waals surface area contributed by atoms with Crippen molar-refractivity contribution in [3.8, 4) is 0 Å². The topological polar surface area (TPSA) is 69.4 Å². The molecule has 0 amide bonds. The summed E-state index contributed by atoms with van der Waals surface area (Å²) in [6, 6.07) is 0. The quantitative estimate of drug-likeness (QED) is 0.518. The highest BCUT2D eigenvalue weighted by atomic mass is 16.6. The molecular formula is C10H19NO3. The van der Waals surface area contributed by atoms with Gasteiger partial charge in [-0.1, -0.05) is 26.7 Å². The van der Waals surface area contributed by atoms with Crippen LogP contribution in [0.1, 0.15) is 39.5 Å². The standard InChI is InChI=1S/C10H19NO3/c1-3-5-8(6-4-2)10(13)14-9(12)7-11/h8H,3-7,11H2,1-2H3. The SMILES string of the molecule is CCCC(CCC)C(=O)OC(=O)CN. The van der Waals surface area contributed by atoms with Crippen LogP contribution < -0.4 is 5.73 Å². The van der Waals surface area contributed by atoms with Crippen LogP contribution >= 0.6 is 0 Å². The van der Waals surface area contributed by atoms with Crippen molar-refractivity contribution in [1.82, 2.24) is 0 Å². The third-order valence-electron chi connectivity index (χ3n) is 1.99. The van der Waals surface area contributed by atoms with Crippen molar-refractivity contribution >= 4 is 11.9 Å². The summed E-state index contributed by atoms with van der Waals surface area (Å²) in [5.74, 6) is -1.23. The van der Waals surface area contributed by atoms with E-state index in [0.717, 1.165) is 25.7 Å². The molecule has 0 aliphatic carbocycles. The lowest BCUT2D eigenvalue weighted by Gasteiger charge is -2.12. The number of carbonyl (C=O) groups excluding carboxylic acids is 2. The predicted molar refractivity (Wildman–Crippen MR) is 53.5 cm³/mol. The maximum Gasteiger partial charge on any atom is 0.327 e. The van der Waals surface area contributed by atoms with Gasteiger partial charge in [0, 0.05) is 0 Å². The van der Waals surface area contributed by atoms with Gasteiger partial charge in [-0.05, 0) is 12.8 Å². The molecule has 0 aromatic rings. The minimum absolute atomic E-state index is 0.152. The van der Waals surface area contributed by atoms with Crippen molar-refractivity contribution in [2.45, 2.75) is 39.5 Å². The second-order valence-electron chi connectivity index (χ2n) is 3.27. The summed E-state index contributed by atoms with van der Waals surface area (Å²) in [6.45, 7) is 3.76. The summed E-state index contributed by atoms with van der Waals surface area (Å²) in [4.78, 5) is 22.2. The number of ether oxygens (including phenoxy) is 1. The number of carbonyl (C=O) groups is 2. The molecule has 0 fully saturated rings. The molecule has 0 rings (SSSR count). The lowest BCUT2D eigenvalue weighted by molar-refractivity contribution is -0.162. The first kappa shape index (κ1) is 13.1. The Labute approximate surface area is 84.8 Å². The van der Waals surface area contributed by atoms with Crippen molar-refractivity contribution in [3.05, 3.63) is 0 Å². The van der Waals surface area contributed by atoms with Crippen LogP contribution in [0.2, 0.25) is 0 Å². The average molecular weight is 201 g/mol. The van der Waals surface area contributed by atoms with E-state index in [0.29, 0.717) is 0 Å². The first-order valence-electron chi connectivity index (χ1n) is 5.10. The number of hydrogen-bond acceptors (Lipinski definition) is 4. The van der Waals surface area contributed by atoms with Gasteiger partial charge in [0.1, 0.15) is 0 Å². The molecule has 0 spiro atoms. The number of hydrogen-bond donors (Lipinski definition) is 1. The molecule has 0 saturated heterocycles. The summed E-state index contributed by atoms with van der Waals surface area (Å²) in [6.07, 6.45) is 3.36. The molecule has 14 heavy (non-hydrogen) atoms. The molecule has 4 nitrogen and oxygen atoms in total. The van der Waals surface area contributed by atoms with Gasteiger partial charge in [-0.15, -0.1) is 0 Å². The highest BCUT2D eigenvalue weighted by Crippen LogP contribution is 2.15. The Balaban J connectivity index is 4.06. The first-order chi connectivity index (χ1) is 6.65. The Kier molecular flexibility index (Phi) is 7.02. The van der Waals surface area contributed by atoms with Gasteiger partial charge in [-0.25, -0.2) is 0 Å². The van der Waals surface area contributed by atoms with Crippen LogP contribution in [0.4, 0.5) is 0 Å². The monoisotopic (exact) mass is 201 g/mol. The van der Waals surface area contributed by atoms with Gasteiger partial charge >= 0.3 is 11.9 Å². The molecule has 0 heterocycles. The fourth-order valence-electron chi connectivity index (χ4n) is 1.31. The van der Waals surface area contributed by atoms with Gasteiger partial charge < -0.3 is 10.5 Å². The molecule has 0 aliphatic rings. The molecule has 0 atom stereocenters. The van der Waals surface area contributed by atoms with E-state index in [1.807, 2.05) is 13.8 Å². The molecule has 0 radical (unpaired) electrons. The highest BCUT2D eigenvalue weighted by Gasteiger charge is 2.20. The van der Waals surface area contributed by atoms with Crippen molar-refractivity contribution in [2.75, 3.05) is 6.54 Å². The summed E-state index contributed by atoms with van der Waals surface area (Å²) in [5, 5.41) is 0. The lowest BCUT2D eigenvalue weighted by atomic mass is 9.99. The Hall–Kier alpha value is -0.900. The van der Waals surface area contributed by atoms with Crippen molar-refractivity contribution in [3.63, 3.8) is 0 Å². The Bertz CT molecular complexity index is 186. The van der Waals surface area contributed by atoms with E-state index in [1.165, 1.54) is 0 Å². The maximum atomic E-state index is 11.4.